The van der Waals surface area contributed by atoms with Crippen molar-refractivity contribution < 1.29 is 13.9 Å². The van der Waals surface area contributed by atoms with Crippen LogP contribution in [0.4, 0.5) is 4.39 Å². The van der Waals surface area contributed by atoms with E-state index in [-0.39, 0.29) is 5.02 Å². The highest BCUT2D eigenvalue weighted by atomic mass is 35.5. The monoisotopic (exact) mass is 271 g/mol. The molecule has 2 N–H and O–H groups in total. The van der Waals surface area contributed by atoms with Crippen molar-refractivity contribution in [3.8, 4) is 11.5 Å². The van der Waals surface area contributed by atoms with Crippen LogP contribution in [0.25, 0.3) is 0 Å². The van der Waals surface area contributed by atoms with Crippen LogP contribution in [-0.2, 0) is 5.54 Å². The van der Waals surface area contributed by atoms with Crippen LogP contribution in [0.5, 0.6) is 11.5 Å². The molecule has 0 spiro atoms. The van der Waals surface area contributed by atoms with Gasteiger partial charge in [0.1, 0.15) is 13.2 Å². The molecule has 1 aromatic rings. The molecular weight excluding hydrogens is 257 g/mol. The highest BCUT2D eigenvalue weighted by molar-refractivity contribution is 6.31. The second kappa shape index (κ2) is 4.28. The van der Waals surface area contributed by atoms with Crippen molar-refractivity contribution in [1.29, 1.82) is 0 Å². The van der Waals surface area contributed by atoms with E-state index in [1.165, 1.54) is 6.07 Å². The molecule has 0 amide bonds. The first-order valence-electron chi connectivity index (χ1n) is 6.19. The summed E-state index contributed by atoms with van der Waals surface area (Å²) in [7, 11) is 0. The average molecular weight is 272 g/mol. The molecule has 3 rings (SSSR count). The highest BCUT2D eigenvalue weighted by Crippen LogP contribution is 2.48. The number of rotatable bonds is 1. The van der Waals surface area contributed by atoms with Crippen LogP contribution in [0.3, 0.4) is 0 Å². The van der Waals surface area contributed by atoms with Gasteiger partial charge in [0.05, 0.1) is 10.6 Å². The predicted molar refractivity (Wildman–Crippen MR) is 66.7 cm³/mol. The second-order valence-corrected chi connectivity index (χ2v) is 5.34. The Bertz CT molecular complexity index is 486. The number of ether oxygens (including phenoxy) is 2. The van der Waals surface area contributed by atoms with Gasteiger partial charge in [-0.2, -0.15) is 0 Å². The van der Waals surface area contributed by atoms with Gasteiger partial charge in [0.15, 0.2) is 17.3 Å². The first kappa shape index (κ1) is 12.1. The summed E-state index contributed by atoms with van der Waals surface area (Å²) in [6, 6.07) is 1.47. The second-order valence-electron chi connectivity index (χ2n) is 4.93. The third kappa shape index (κ3) is 1.75. The van der Waals surface area contributed by atoms with E-state index in [0.717, 1.165) is 25.7 Å². The summed E-state index contributed by atoms with van der Waals surface area (Å²) in [4.78, 5) is 0. The largest absolute Gasteiger partial charge is 0.486 e. The summed E-state index contributed by atoms with van der Waals surface area (Å²) in [5.41, 5.74) is 6.05. The molecule has 1 aliphatic carbocycles. The van der Waals surface area contributed by atoms with Crippen LogP contribution in [0.15, 0.2) is 6.07 Å². The Morgan fingerprint density at radius 2 is 1.89 bits per heavy atom. The maximum Gasteiger partial charge on any atom is 0.169 e. The molecule has 0 bridgehead atoms. The molecule has 0 unspecified atom stereocenters. The maximum absolute atomic E-state index is 14.3. The Morgan fingerprint density at radius 1 is 1.22 bits per heavy atom. The van der Waals surface area contributed by atoms with Gasteiger partial charge in [-0.25, -0.2) is 4.39 Å². The number of fused-ring (bicyclic) bond motifs is 1. The Labute approximate surface area is 110 Å². The Balaban J connectivity index is 2.20. The van der Waals surface area contributed by atoms with Gasteiger partial charge in [0.2, 0.25) is 0 Å². The highest BCUT2D eigenvalue weighted by Gasteiger charge is 2.39. The Kier molecular flexibility index (Phi) is 2.87. The molecule has 18 heavy (non-hydrogen) atoms. The van der Waals surface area contributed by atoms with Gasteiger partial charge in [-0.15, -0.1) is 0 Å². The van der Waals surface area contributed by atoms with Crippen molar-refractivity contribution in [3.05, 3.63) is 22.5 Å². The third-order valence-electron chi connectivity index (χ3n) is 3.72. The van der Waals surface area contributed by atoms with Gasteiger partial charge in [-0.05, 0) is 12.8 Å². The number of nitrogens with two attached hydrogens (primary N) is 1. The van der Waals surface area contributed by atoms with Gasteiger partial charge in [-0.1, -0.05) is 24.4 Å². The molecule has 0 radical (unpaired) electrons. The molecule has 0 aromatic heterocycles. The minimum Gasteiger partial charge on any atom is -0.486 e. The lowest BCUT2D eigenvalue weighted by Crippen LogP contribution is -2.35. The van der Waals surface area contributed by atoms with E-state index in [9.17, 15) is 4.39 Å². The van der Waals surface area contributed by atoms with Gasteiger partial charge in [0.25, 0.3) is 0 Å². The van der Waals surface area contributed by atoms with Crippen molar-refractivity contribution >= 4 is 11.6 Å². The van der Waals surface area contributed by atoms with Gasteiger partial charge < -0.3 is 15.2 Å². The fourth-order valence-electron chi connectivity index (χ4n) is 2.83. The fourth-order valence-corrected chi connectivity index (χ4v) is 3.03. The number of benzene rings is 1. The molecule has 1 aliphatic heterocycles. The average Bonchev–Trinajstić information content (AvgIpc) is 2.78. The first-order valence-corrected chi connectivity index (χ1v) is 6.56. The summed E-state index contributed by atoms with van der Waals surface area (Å²) in [6.45, 7) is 0.864. The van der Waals surface area contributed by atoms with Crippen molar-refractivity contribution in [2.45, 2.75) is 31.2 Å². The zero-order valence-electron chi connectivity index (χ0n) is 9.97. The lowest BCUT2D eigenvalue weighted by atomic mass is 9.87. The Morgan fingerprint density at radius 3 is 2.61 bits per heavy atom. The van der Waals surface area contributed by atoms with E-state index in [0.29, 0.717) is 30.3 Å². The van der Waals surface area contributed by atoms with Gasteiger partial charge in [-0.3, -0.25) is 0 Å². The molecule has 1 heterocycles. The van der Waals surface area contributed by atoms with Crippen molar-refractivity contribution in [2.75, 3.05) is 13.2 Å². The number of hydrogen-bond donors (Lipinski definition) is 1. The lowest BCUT2D eigenvalue weighted by Gasteiger charge is -2.30. The van der Waals surface area contributed by atoms with Crippen molar-refractivity contribution in [2.24, 2.45) is 5.73 Å². The lowest BCUT2D eigenvalue weighted by molar-refractivity contribution is 0.165. The standard InChI is InChI=1S/C13H15ClFNO2/c14-8-7-9-12(18-6-5-17-9)10(11(8)15)13(16)3-1-2-4-13/h7H,1-6,16H2. The normalized spacial score (nSPS) is 21.1. The minimum atomic E-state index is -0.681. The van der Waals surface area contributed by atoms with E-state index in [4.69, 9.17) is 26.8 Å². The molecule has 5 heteroatoms. The first-order chi connectivity index (χ1) is 8.62. The Hall–Kier alpha value is -1.00. The number of halogens is 2. The van der Waals surface area contributed by atoms with Gasteiger partial charge in [0, 0.05) is 11.6 Å². The molecule has 1 saturated carbocycles. The number of hydrogen-bond acceptors (Lipinski definition) is 3. The zero-order valence-corrected chi connectivity index (χ0v) is 10.7. The molecule has 0 atom stereocenters. The predicted octanol–water partition coefficient (Wildman–Crippen LogP) is 2.98. The fraction of sp³-hybridized carbons (Fsp3) is 0.538. The van der Waals surface area contributed by atoms with Crippen LogP contribution < -0.4 is 15.2 Å². The molecule has 98 valence electrons. The summed E-state index contributed by atoms with van der Waals surface area (Å²) in [6.07, 6.45) is 3.50. The van der Waals surface area contributed by atoms with E-state index >= 15 is 0 Å². The summed E-state index contributed by atoms with van der Waals surface area (Å²) in [5, 5.41) is 0.0472. The van der Waals surface area contributed by atoms with Crippen molar-refractivity contribution in [3.63, 3.8) is 0 Å². The molecule has 0 saturated heterocycles. The molecule has 1 fully saturated rings. The van der Waals surface area contributed by atoms with Gasteiger partial charge >= 0.3 is 0 Å². The third-order valence-corrected chi connectivity index (χ3v) is 3.99. The molecule has 2 aliphatic rings. The van der Waals surface area contributed by atoms with E-state index in [1.807, 2.05) is 0 Å². The van der Waals surface area contributed by atoms with Crippen LogP contribution in [0.1, 0.15) is 31.2 Å². The van der Waals surface area contributed by atoms with Crippen molar-refractivity contribution in [1.82, 2.24) is 0 Å². The maximum atomic E-state index is 14.3. The molecule has 3 nitrogen and oxygen atoms in total. The van der Waals surface area contributed by atoms with Crippen LogP contribution in [0, 0.1) is 5.82 Å². The topological polar surface area (TPSA) is 44.5 Å². The summed E-state index contributed by atoms with van der Waals surface area (Å²) >= 11 is 5.93. The minimum absolute atomic E-state index is 0.0472. The van der Waals surface area contributed by atoms with E-state index in [2.05, 4.69) is 0 Å². The summed E-state index contributed by atoms with van der Waals surface area (Å²) < 4.78 is 25.4. The van der Waals surface area contributed by atoms with Crippen LogP contribution in [0.2, 0.25) is 5.02 Å². The molecule has 1 aromatic carbocycles. The zero-order chi connectivity index (χ0) is 12.8. The van der Waals surface area contributed by atoms with Crippen LogP contribution >= 0.6 is 11.6 Å². The van der Waals surface area contributed by atoms with E-state index < -0.39 is 11.4 Å². The summed E-state index contributed by atoms with van der Waals surface area (Å²) in [5.74, 6) is 0.470. The SMILES string of the molecule is NC1(c2c(F)c(Cl)cc3c2OCCO3)CCCC1. The van der Waals surface area contributed by atoms with Crippen LogP contribution in [-0.4, -0.2) is 13.2 Å². The smallest absolute Gasteiger partial charge is 0.169 e. The molecular formula is C13H15ClFNO2. The van der Waals surface area contributed by atoms with E-state index in [1.54, 1.807) is 0 Å². The quantitative estimate of drug-likeness (QED) is 0.854.